The lowest BCUT2D eigenvalue weighted by Crippen LogP contribution is -2.08. The highest BCUT2D eigenvalue weighted by atomic mass is 19.2. The van der Waals surface area contributed by atoms with Crippen LogP contribution in [0.3, 0.4) is 0 Å². The van der Waals surface area contributed by atoms with E-state index in [9.17, 15) is 8.78 Å². The van der Waals surface area contributed by atoms with E-state index in [1.807, 2.05) is 18.2 Å². The summed E-state index contributed by atoms with van der Waals surface area (Å²) in [4.78, 5) is 13.1. The number of aromatic nitrogens is 3. The lowest BCUT2D eigenvalue weighted by Gasteiger charge is -2.11. The van der Waals surface area contributed by atoms with Gasteiger partial charge in [-0.05, 0) is 37.1 Å². The van der Waals surface area contributed by atoms with Crippen molar-refractivity contribution in [1.29, 1.82) is 0 Å². The Labute approximate surface area is 143 Å². The van der Waals surface area contributed by atoms with Crippen LogP contribution in [0.15, 0.2) is 48.7 Å². The minimum absolute atomic E-state index is 0.0167. The van der Waals surface area contributed by atoms with Crippen LogP contribution in [0.1, 0.15) is 12.8 Å². The molecule has 126 valence electrons. The predicted octanol–water partition coefficient (Wildman–Crippen LogP) is 4.13. The third kappa shape index (κ3) is 3.55. The van der Waals surface area contributed by atoms with Gasteiger partial charge < -0.3 is 10.6 Å². The second kappa shape index (κ2) is 6.43. The summed E-state index contributed by atoms with van der Waals surface area (Å²) in [6, 6.07) is 11.5. The number of hydrogen-bond donors (Lipinski definition) is 2. The van der Waals surface area contributed by atoms with Gasteiger partial charge in [-0.25, -0.2) is 13.8 Å². The maximum Gasteiger partial charge on any atom is 0.225 e. The molecule has 0 spiro atoms. The lowest BCUT2D eigenvalue weighted by atomic mass is 10.2. The Balaban J connectivity index is 1.71. The van der Waals surface area contributed by atoms with Crippen LogP contribution < -0.4 is 10.6 Å². The first-order valence-electron chi connectivity index (χ1n) is 7.97. The molecule has 2 heterocycles. The van der Waals surface area contributed by atoms with Crippen molar-refractivity contribution in [2.45, 2.75) is 18.9 Å². The van der Waals surface area contributed by atoms with E-state index < -0.39 is 11.6 Å². The Hall–Kier alpha value is -3.09. The largest absolute Gasteiger partial charge is 0.351 e. The molecular weight excluding hydrogens is 324 g/mol. The molecule has 7 heteroatoms. The van der Waals surface area contributed by atoms with Crippen molar-refractivity contribution in [3.05, 3.63) is 60.3 Å². The number of nitrogens with one attached hydrogen (secondary N) is 2. The molecule has 5 nitrogen and oxygen atoms in total. The van der Waals surface area contributed by atoms with Crippen molar-refractivity contribution >= 4 is 17.5 Å². The molecule has 0 saturated heterocycles. The van der Waals surface area contributed by atoms with Crippen molar-refractivity contribution in [1.82, 2.24) is 15.0 Å². The number of nitrogens with zero attached hydrogens (tertiary/aromatic N) is 3. The second-order valence-electron chi connectivity index (χ2n) is 5.82. The molecule has 0 amide bonds. The van der Waals surface area contributed by atoms with Crippen LogP contribution >= 0.6 is 0 Å². The summed E-state index contributed by atoms with van der Waals surface area (Å²) in [7, 11) is 0. The van der Waals surface area contributed by atoms with Crippen LogP contribution in [0, 0.1) is 11.6 Å². The normalized spacial score (nSPS) is 13.5. The maximum absolute atomic E-state index is 13.9. The summed E-state index contributed by atoms with van der Waals surface area (Å²) in [5, 5.41) is 6.04. The third-order valence-electron chi connectivity index (χ3n) is 3.78. The number of anilines is 3. The maximum atomic E-state index is 13.9. The monoisotopic (exact) mass is 339 g/mol. The molecular formula is C18H15F2N5. The van der Waals surface area contributed by atoms with E-state index in [1.165, 1.54) is 12.1 Å². The number of benzene rings is 1. The van der Waals surface area contributed by atoms with Gasteiger partial charge in [0.2, 0.25) is 5.95 Å². The summed E-state index contributed by atoms with van der Waals surface area (Å²) in [6.45, 7) is 0. The van der Waals surface area contributed by atoms with Gasteiger partial charge in [-0.3, -0.25) is 4.98 Å². The molecule has 1 aromatic carbocycles. The first kappa shape index (κ1) is 15.4. The van der Waals surface area contributed by atoms with Crippen LogP contribution in [0.4, 0.5) is 26.2 Å². The zero-order valence-electron chi connectivity index (χ0n) is 13.2. The lowest BCUT2D eigenvalue weighted by molar-refractivity contribution is 0.511. The molecule has 0 unspecified atom stereocenters. The first-order chi connectivity index (χ1) is 12.2. The fourth-order valence-electron chi connectivity index (χ4n) is 2.37. The molecule has 0 bridgehead atoms. The third-order valence-corrected chi connectivity index (χ3v) is 3.78. The second-order valence-corrected chi connectivity index (χ2v) is 5.82. The van der Waals surface area contributed by atoms with Gasteiger partial charge in [-0.2, -0.15) is 4.98 Å². The highest BCUT2D eigenvalue weighted by molar-refractivity contribution is 5.65. The molecule has 4 rings (SSSR count). The van der Waals surface area contributed by atoms with Crippen LogP contribution in [0.25, 0.3) is 11.4 Å². The molecule has 1 saturated carbocycles. The van der Waals surface area contributed by atoms with Gasteiger partial charge in [0.15, 0.2) is 11.6 Å². The fraction of sp³-hybridized carbons (Fsp3) is 0.167. The van der Waals surface area contributed by atoms with Crippen LogP contribution in [-0.4, -0.2) is 21.0 Å². The van der Waals surface area contributed by atoms with Gasteiger partial charge in [0.25, 0.3) is 0 Å². The summed E-state index contributed by atoms with van der Waals surface area (Å²) < 4.78 is 27.3. The minimum Gasteiger partial charge on any atom is -0.351 e. The molecule has 0 atom stereocenters. The topological polar surface area (TPSA) is 62.7 Å². The smallest absolute Gasteiger partial charge is 0.225 e. The number of halogens is 2. The molecule has 1 aliphatic rings. The number of hydrogen-bond acceptors (Lipinski definition) is 5. The summed E-state index contributed by atoms with van der Waals surface area (Å²) in [6.07, 6.45) is 3.81. The predicted molar refractivity (Wildman–Crippen MR) is 91.5 cm³/mol. The Morgan fingerprint density at radius 2 is 1.84 bits per heavy atom. The van der Waals surface area contributed by atoms with Crippen molar-refractivity contribution in [3.8, 4) is 11.4 Å². The standard InChI is InChI=1S/C18H15F2N5/c19-12-4-3-6-14(17(12)20)23-16-10-15(13-5-1-2-9-21-13)24-18(25-16)22-11-7-8-11/h1-6,9-11H,7-8H2,(H2,22,23,24,25). The summed E-state index contributed by atoms with van der Waals surface area (Å²) in [5.41, 5.74) is 1.28. The molecule has 1 fully saturated rings. The van der Waals surface area contributed by atoms with Crippen molar-refractivity contribution < 1.29 is 8.78 Å². The van der Waals surface area contributed by atoms with Crippen molar-refractivity contribution in [2.24, 2.45) is 0 Å². The van der Waals surface area contributed by atoms with E-state index in [1.54, 1.807) is 12.3 Å². The fourth-order valence-corrected chi connectivity index (χ4v) is 2.37. The van der Waals surface area contributed by atoms with Crippen LogP contribution in [-0.2, 0) is 0 Å². The molecule has 2 aromatic heterocycles. The first-order valence-corrected chi connectivity index (χ1v) is 7.97. The highest BCUT2D eigenvalue weighted by Gasteiger charge is 2.22. The van der Waals surface area contributed by atoms with Gasteiger partial charge >= 0.3 is 0 Å². The Morgan fingerprint density at radius 3 is 2.60 bits per heavy atom. The highest BCUT2D eigenvalue weighted by Crippen LogP contribution is 2.27. The van der Waals surface area contributed by atoms with Crippen LogP contribution in [0.2, 0.25) is 0 Å². The van der Waals surface area contributed by atoms with E-state index in [4.69, 9.17) is 0 Å². The zero-order chi connectivity index (χ0) is 17.2. The van der Waals surface area contributed by atoms with Crippen molar-refractivity contribution in [2.75, 3.05) is 10.6 Å². The molecule has 0 aliphatic heterocycles. The van der Waals surface area contributed by atoms with Crippen molar-refractivity contribution in [3.63, 3.8) is 0 Å². The Morgan fingerprint density at radius 1 is 0.960 bits per heavy atom. The van der Waals surface area contributed by atoms with Gasteiger partial charge in [-0.1, -0.05) is 12.1 Å². The average Bonchev–Trinajstić information content (AvgIpc) is 3.43. The Kier molecular flexibility index (Phi) is 3.97. The molecule has 25 heavy (non-hydrogen) atoms. The number of rotatable bonds is 5. The molecule has 1 aliphatic carbocycles. The summed E-state index contributed by atoms with van der Waals surface area (Å²) >= 11 is 0. The van der Waals surface area contributed by atoms with Gasteiger partial charge in [0, 0.05) is 18.3 Å². The van der Waals surface area contributed by atoms with E-state index in [-0.39, 0.29) is 5.69 Å². The average molecular weight is 339 g/mol. The van der Waals surface area contributed by atoms with Gasteiger partial charge in [0.05, 0.1) is 17.1 Å². The van der Waals surface area contributed by atoms with E-state index >= 15 is 0 Å². The van der Waals surface area contributed by atoms with Gasteiger partial charge in [-0.15, -0.1) is 0 Å². The van der Waals surface area contributed by atoms with E-state index in [0.717, 1.165) is 18.9 Å². The number of pyridine rings is 1. The van der Waals surface area contributed by atoms with E-state index in [2.05, 4.69) is 25.6 Å². The van der Waals surface area contributed by atoms with Gasteiger partial charge in [0.1, 0.15) is 5.82 Å². The van der Waals surface area contributed by atoms with Crippen LogP contribution in [0.5, 0.6) is 0 Å². The SMILES string of the molecule is Fc1cccc(Nc2cc(-c3ccccn3)nc(NC3CC3)n2)c1F. The molecule has 2 N–H and O–H groups in total. The quantitative estimate of drug-likeness (QED) is 0.732. The minimum atomic E-state index is -0.947. The zero-order valence-corrected chi connectivity index (χ0v) is 13.2. The molecule has 0 radical (unpaired) electrons. The Bertz CT molecular complexity index is 897. The van der Waals surface area contributed by atoms with E-state index in [0.29, 0.717) is 29.2 Å². The summed E-state index contributed by atoms with van der Waals surface area (Å²) in [5.74, 6) is -1.06. The molecule has 3 aromatic rings.